The first-order valence-corrected chi connectivity index (χ1v) is 9.94. The van der Waals surface area contributed by atoms with Gasteiger partial charge in [0.15, 0.2) is 17.4 Å². The van der Waals surface area contributed by atoms with Gasteiger partial charge in [0, 0.05) is 30.9 Å². The van der Waals surface area contributed by atoms with Gasteiger partial charge in [0.25, 0.3) is 5.95 Å². The number of rotatable bonds is 6. The largest absolute Gasteiger partial charge is 0.454 e. The molecule has 166 valence electrons. The van der Waals surface area contributed by atoms with Crippen LogP contribution in [-0.2, 0) is 14.3 Å². The van der Waals surface area contributed by atoms with Gasteiger partial charge >= 0.3 is 12.0 Å². The highest BCUT2D eigenvalue weighted by Crippen LogP contribution is 2.24. The van der Waals surface area contributed by atoms with Crippen LogP contribution in [0.5, 0.6) is 0 Å². The molecule has 0 saturated carbocycles. The van der Waals surface area contributed by atoms with Gasteiger partial charge in [0.05, 0.1) is 6.61 Å². The number of ether oxygens (including phenoxy) is 2. The number of carbonyl (C=O) groups excluding carboxylic acids is 3. The van der Waals surface area contributed by atoms with Gasteiger partial charge in [-0.3, -0.25) is 15.1 Å². The number of nitrogens with zero attached hydrogens (tertiary/aromatic N) is 4. The van der Waals surface area contributed by atoms with E-state index in [2.05, 4.69) is 25.7 Å². The summed E-state index contributed by atoms with van der Waals surface area (Å²) < 4.78 is 12.1. The Morgan fingerprint density at radius 1 is 1.31 bits per heavy atom. The lowest BCUT2D eigenvalue weighted by Crippen LogP contribution is -2.38. The third-order valence-corrected chi connectivity index (χ3v) is 4.78. The molecule has 12 heteroatoms. The molecule has 12 nitrogen and oxygen atoms in total. The Kier molecular flexibility index (Phi) is 5.94. The van der Waals surface area contributed by atoms with Crippen molar-refractivity contribution in [3.8, 4) is 11.1 Å². The number of aromatic nitrogens is 4. The number of carbonyl (C=O) groups is 3. The minimum atomic E-state index is -1.01. The van der Waals surface area contributed by atoms with Gasteiger partial charge < -0.3 is 20.5 Å². The number of esters is 1. The number of anilines is 1. The number of nitrogens with two attached hydrogens (primary N) is 1. The summed E-state index contributed by atoms with van der Waals surface area (Å²) >= 11 is 0. The molecular weight excluding hydrogens is 418 g/mol. The molecule has 1 aliphatic rings. The van der Waals surface area contributed by atoms with Gasteiger partial charge in [-0.25, -0.2) is 14.1 Å². The van der Waals surface area contributed by atoms with Crippen molar-refractivity contribution in [1.82, 2.24) is 24.9 Å². The second-order valence-electron chi connectivity index (χ2n) is 6.99. The minimum absolute atomic E-state index is 0.00699. The minimum Gasteiger partial charge on any atom is -0.454 e. The topological polar surface area (TPSA) is 163 Å². The quantitative estimate of drug-likeness (QED) is 0.473. The molecule has 3 aromatic heterocycles. The summed E-state index contributed by atoms with van der Waals surface area (Å²) in [5.74, 6) is -1.44. The summed E-state index contributed by atoms with van der Waals surface area (Å²) in [6, 6.07) is 6.39. The van der Waals surface area contributed by atoms with Gasteiger partial charge in [0.2, 0.25) is 5.91 Å². The molecule has 0 spiro atoms. The fourth-order valence-electron chi connectivity index (χ4n) is 3.34. The van der Waals surface area contributed by atoms with Crippen molar-refractivity contribution >= 4 is 29.5 Å². The Hall–Kier alpha value is -4.06. The van der Waals surface area contributed by atoms with Crippen molar-refractivity contribution in [3.63, 3.8) is 0 Å². The molecule has 1 aliphatic heterocycles. The molecule has 4 heterocycles. The summed E-state index contributed by atoms with van der Waals surface area (Å²) in [5, 5.41) is 9.31. The monoisotopic (exact) mass is 439 g/mol. The van der Waals surface area contributed by atoms with Crippen molar-refractivity contribution in [2.45, 2.75) is 25.6 Å². The van der Waals surface area contributed by atoms with E-state index in [9.17, 15) is 14.4 Å². The van der Waals surface area contributed by atoms with Crippen molar-refractivity contribution in [2.24, 2.45) is 5.73 Å². The molecule has 0 radical (unpaired) electrons. The van der Waals surface area contributed by atoms with Gasteiger partial charge in [-0.2, -0.15) is 4.98 Å². The third-order valence-electron chi connectivity index (χ3n) is 4.78. The molecule has 4 rings (SSSR count). The summed E-state index contributed by atoms with van der Waals surface area (Å²) in [7, 11) is 0. The Bertz CT molecular complexity index is 1160. The predicted molar refractivity (Wildman–Crippen MR) is 112 cm³/mol. The van der Waals surface area contributed by atoms with E-state index < -0.39 is 30.1 Å². The Morgan fingerprint density at radius 2 is 2.16 bits per heavy atom. The van der Waals surface area contributed by atoms with Crippen molar-refractivity contribution < 1.29 is 23.9 Å². The van der Waals surface area contributed by atoms with Crippen molar-refractivity contribution in [1.29, 1.82) is 0 Å². The standard InChI is InChI=1S/C20H21N7O5/c1-2-23-20(30)25-19-24-15-9-12(11-4-3-6-22-10-11)8-13(27(15)26-19)18(29)32-14-5-7-31-16(14)17(21)28/h3-4,6,8-10,14,16H,2,5,7H2,1H3,(H2,21,28)(H2,23,25,26,30). The lowest BCUT2D eigenvalue weighted by atomic mass is 10.1. The van der Waals surface area contributed by atoms with Crippen LogP contribution in [-0.4, -0.2) is 62.8 Å². The number of fused-ring (bicyclic) bond motifs is 1. The Morgan fingerprint density at radius 3 is 2.88 bits per heavy atom. The fourth-order valence-corrected chi connectivity index (χ4v) is 3.34. The molecule has 32 heavy (non-hydrogen) atoms. The average Bonchev–Trinajstić information content (AvgIpc) is 3.40. The van der Waals surface area contributed by atoms with Gasteiger partial charge in [-0.1, -0.05) is 6.07 Å². The van der Waals surface area contributed by atoms with Crippen LogP contribution in [0.15, 0.2) is 36.7 Å². The molecule has 0 aromatic carbocycles. The zero-order chi connectivity index (χ0) is 22.7. The summed E-state index contributed by atoms with van der Waals surface area (Å²) in [6.45, 7) is 2.45. The number of nitrogens with one attached hydrogen (secondary N) is 2. The average molecular weight is 439 g/mol. The first kappa shape index (κ1) is 21.2. The first-order valence-electron chi connectivity index (χ1n) is 9.94. The van der Waals surface area contributed by atoms with E-state index in [4.69, 9.17) is 15.2 Å². The van der Waals surface area contributed by atoms with Crippen LogP contribution in [0.25, 0.3) is 16.8 Å². The van der Waals surface area contributed by atoms with E-state index in [0.29, 0.717) is 24.2 Å². The Balaban J connectivity index is 1.72. The SMILES string of the molecule is CCNC(=O)Nc1nc2cc(-c3cccnc3)cc(C(=O)OC3CCOC3C(N)=O)n2n1. The molecule has 3 amide bonds. The highest BCUT2D eigenvalue weighted by Gasteiger charge is 2.36. The summed E-state index contributed by atoms with van der Waals surface area (Å²) in [5.41, 5.74) is 7.07. The zero-order valence-electron chi connectivity index (χ0n) is 17.1. The molecule has 3 aromatic rings. The molecule has 1 saturated heterocycles. The van der Waals surface area contributed by atoms with Crippen molar-refractivity contribution in [3.05, 3.63) is 42.4 Å². The molecule has 2 unspecified atom stereocenters. The second-order valence-corrected chi connectivity index (χ2v) is 6.99. The van der Waals surface area contributed by atoms with Crippen LogP contribution in [0.4, 0.5) is 10.7 Å². The second kappa shape index (κ2) is 8.98. The number of hydrogen-bond donors (Lipinski definition) is 3. The fraction of sp³-hybridized carbons (Fsp3) is 0.300. The molecule has 2 atom stereocenters. The van der Waals surface area contributed by atoms with Crippen LogP contribution in [0.3, 0.4) is 0 Å². The van der Waals surface area contributed by atoms with Gasteiger partial charge in [-0.15, -0.1) is 5.10 Å². The predicted octanol–water partition coefficient (Wildman–Crippen LogP) is 0.732. The summed E-state index contributed by atoms with van der Waals surface area (Å²) in [6.07, 6.45) is 1.79. The maximum atomic E-state index is 13.1. The van der Waals surface area contributed by atoms with Crippen LogP contribution in [0, 0.1) is 0 Å². The zero-order valence-corrected chi connectivity index (χ0v) is 17.1. The number of pyridine rings is 2. The maximum Gasteiger partial charge on any atom is 0.357 e. The van der Waals surface area contributed by atoms with E-state index >= 15 is 0 Å². The van der Waals surface area contributed by atoms with Crippen LogP contribution < -0.4 is 16.4 Å². The Labute approximate surface area is 182 Å². The number of primary amides is 1. The molecule has 0 aliphatic carbocycles. The van der Waals surface area contributed by atoms with Crippen LogP contribution >= 0.6 is 0 Å². The van der Waals surface area contributed by atoms with Gasteiger partial charge in [-0.05, 0) is 30.7 Å². The van der Waals surface area contributed by atoms with Gasteiger partial charge in [0.1, 0.15) is 6.10 Å². The van der Waals surface area contributed by atoms with Crippen molar-refractivity contribution in [2.75, 3.05) is 18.5 Å². The van der Waals surface area contributed by atoms with E-state index in [1.807, 2.05) is 6.07 Å². The molecular formula is C20H21N7O5. The molecule has 0 bridgehead atoms. The van der Waals surface area contributed by atoms with E-state index in [0.717, 1.165) is 5.56 Å². The number of hydrogen-bond acceptors (Lipinski definition) is 8. The lowest BCUT2D eigenvalue weighted by molar-refractivity contribution is -0.130. The highest BCUT2D eigenvalue weighted by molar-refractivity contribution is 5.92. The smallest absolute Gasteiger partial charge is 0.357 e. The molecule has 1 fully saturated rings. The number of urea groups is 1. The van der Waals surface area contributed by atoms with Crippen LogP contribution in [0.1, 0.15) is 23.8 Å². The van der Waals surface area contributed by atoms with E-state index in [-0.39, 0.29) is 18.2 Å². The summed E-state index contributed by atoms with van der Waals surface area (Å²) in [4.78, 5) is 44.9. The molecule has 4 N–H and O–H groups in total. The van der Waals surface area contributed by atoms with E-state index in [1.165, 1.54) is 4.52 Å². The lowest BCUT2D eigenvalue weighted by Gasteiger charge is -2.16. The normalized spacial score (nSPS) is 17.8. The van der Waals surface area contributed by atoms with E-state index in [1.54, 1.807) is 37.5 Å². The first-order chi connectivity index (χ1) is 15.5. The maximum absolute atomic E-state index is 13.1. The highest BCUT2D eigenvalue weighted by atomic mass is 16.6. The third kappa shape index (κ3) is 4.34. The van der Waals surface area contributed by atoms with Crippen LogP contribution in [0.2, 0.25) is 0 Å². The number of amides is 3.